The Balaban J connectivity index is 1.65. The number of carbonyl (C=O) groups is 3. The van der Waals surface area contributed by atoms with Gasteiger partial charge in [0.05, 0.1) is 17.7 Å². The number of aldehydes is 1. The number of fused-ring (bicyclic) bond motifs is 2. The first-order valence-corrected chi connectivity index (χ1v) is 11.6. The van der Waals surface area contributed by atoms with E-state index in [9.17, 15) is 14.4 Å². The van der Waals surface area contributed by atoms with Crippen molar-refractivity contribution in [3.05, 3.63) is 51.5 Å². The maximum atomic E-state index is 13.0. The molecule has 0 spiro atoms. The molecule has 31 heavy (non-hydrogen) atoms. The number of rotatable bonds is 7. The predicted octanol–water partition coefficient (Wildman–Crippen LogP) is 4.77. The van der Waals surface area contributed by atoms with Crippen LogP contribution >= 0.6 is 11.3 Å². The number of benzene rings is 1. The van der Waals surface area contributed by atoms with Gasteiger partial charge in [-0.2, -0.15) is 0 Å². The van der Waals surface area contributed by atoms with Gasteiger partial charge in [0.1, 0.15) is 11.5 Å². The second-order valence-corrected chi connectivity index (χ2v) is 8.79. The first kappa shape index (κ1) is 21.3. The van der Waals surface area contributed by atoms with Gasteiger partial charge in [-0.05, 0) is 50.2 Å². The largest absolute Gasteiger partial charge is 0.462 e. The number of nitrogens with one attached hydrogen (secondary N) is 1. The number of para-hydroxylation sites is 1. The number of aryl methyl sites for hydroxylation is 2. The van der Waals surface area contributed by atoms with Crippen LogP contribution < -0.4 is 5.32 Å². The molecule has 6 nitrogen and oxygen atoms in total. The van der Waals surface area contributed by atoms with Gasteiger partial charge in [0, 0.05) is 22.0 Å². The third kappa shape index (κ3) is 4.02. The van der Waals surface area contributed by atoms with Gasteiger partial charge in [-0.1, -0.05) is 25.1 Å². The molecule has 1 amide bonds. The number of amides is 1. The number of esters is 1. The molecule has 7 heteroatoms. The topological polar surface area (TPSA) is 77.4 Å². The Bertz CT molecular complexity index is 1160. The van der Waals surface area contributed by atoms with E-state index in [1.807, 2.05) is 22.8 Å². The van der Waals surface area contributed by atoms with E-state index in [2.05, 4.69) is 12.2 Å². The Labute approximate surface area is 185 Å². The number of nitrogens with zero attached hydrogens (tertiary/aromatic N) is 1. The summed E-state index contributed by atoms with van der Waals surface area (Å²) in [6.45, 7) is 4.18. The fraction of sp³-hybridized carbons (Fsp3) is 0.375. The van der Waals surface area contributed by atoms with Crippen molar-refractivity contribution in [3.8, 4) is 0 Å². The summed E-state index contributed by atoms with van der Waals surface area (Å²) in [4.78, 5) is 38.3. The van der Waals surface area contributed by atoms with E-state index in [0.29, 0.717) is 22.7 Å². The average Bonchev–Trinajstić information content (AvgIpc) is 3.31. The zero-order chi connectivity index (χ0) is 22.0. The van der Waals surface area contributed by atoms with Gasteiger partial charge in [-0.15, -0.1) is 11.3 Å². The smallest absolute Gasteiger partial charge is 0.341 e. The van der Waals surface area contributed by atoms with Crippen LogP contribution in [0.5, 0.6) is 0 Å². The van der Waals surface area contributed by atoms with Crippen LogP contribution in [-0.4, -0.2) is 29.3 Å². The van der Waals surface area contributed by atoms with Crippen molar-refractivity contribution >= 4 is 45.4 Å². The fourth-order valence-electron chi connectivity index (χ4n) is 4.36. The quantitative estimate of drug-likeness (QED) is 0.426. The number of aromatic nitrogens is 1. The van der Waals surface area contributed by atoms with Crippen LogP contribution in [0.3, 0.4) is 0 Å². The first-order chi connectivity index (χ1) is 15.1. The number of thiophene rings is 1. The molecule has 0 fully saturated rings. The lowest BCUT2D eigenvalue weighted by Gasteiger charge is -2.12. The van der Waals surface area contributed by atoms with Gasteiger partial charge in [0.15, 0.2) is 6.29 Å². The average molecular weight is 439 g/mol. The standard InChI is InChI=1S/C24H26N2O4S/c1-3-15-8-7-10-17-16(14-27)12-26(22(15)17)13-20(28)25-23-21(24(29)30-4-2)18-9-5-6-11-19(18)31-23/h7-8,10,12,14H,3-6,9,11,13H2,1-2H3,(H,25,28). The molecule has 0 saturated carbocycles. The summed E-state index contributed by atoms with van der Waals surface area (Å²) in [6, 6.07) is 5.84. The molecule has 162 valence electrons. The molecule has 1 aliphatic rings. The Morgan fingerprint density at radius 3 is 2.77 bits per heavy atom. The van der Waals surface area contributed by atoms with Crippen molar-refractivity contribution < 1.29 is 19.1 Å². The van der Waals surface area contributed by atoms with Gasteiger partial charge in [0.2, 0.25) is 5.91 Å². The highest BCUT2D eigenvalue weighted by Gasteiger charge is 2.27. The van der Waals surface area contributed by atoms with Crippen LogP contribution in [0.25, 0.3) is 10.9 Å². The lowest BCUT2D eigenvalue weighted by atomic mass is 9.95. The summed E-state index contributed by atoms with van der Waals surface area (Å²) in [5.41, 5.74) is 4.08. The molecule has 1 aliphatic carbocycles. The Kier molecular flexibility index (Phi) is 6.23. The van der Waals surface area contributed by atoms with Crippen molar-refractivity contribution in [2.75, 3.05) is 11.9 Å². The highest BCUT2D eigenvalue weighted by Crippen LogP contribution is 2.38. The van der Waals surface area contributed by atoms with Gasteiger partial charge >= 0.3 is 5.97 Å². The third-order valence-corrected chi connectivity index (χ3v) is 6.95. The summed E-state index contributed by atoms with van der Waals surface area (Å²) in [5.74, 6) is -0.607. The molecule has 0 unspecified atom stereocenters. The summed E-state index contributed by atoms with van der Waals surface area (Å²) >= 11 is 1.48. The SMILES string of the molecule is CCOC(=O)c1c(NC(=O)Cn2cc(C=O)c3cccc(CC)c32)sc2c1CCCC2. The van der Waals surface area contributed by atoms with E-state index in [1.54, 1.807) is 13.1 Å². The molecule has 0 saturated heterocycles. The second kappa shape index (κ2) is 9.06. The number of ether oxygens (including phenoxy) is 1. The van der Waals surface area contributed by atoms with E-state index in [1.165, 1.54) is 11.3 Å². The first-order valence-electron chi connectivity index (χ1n) is 10.7. The number of hydrogen-bond acceptors (Lipinski definition) is 5. The van der Waals surface area contributed by atoms with Crippen LogP contribution in [-0.2, 0) is 35.3 Å². The van der Waals surface area contributed by atoms with Crippen LogP contribution in [0.4, 0.5) is 5.00 Å². The molecule has 3 aromatic rings. The molecular formula is C24H26N2O4S. The molecule has 2 aromatic heterocycles. The molecular weight excluding hydrogens is 412 g/mol. The van der Waals surface area contributed by atoms with Crippen molar-refractivity contribution in [1.82, 2.24) is 4.57 Å². The number of hydrogen-bond donors (Lipinski definition) is 1. The summed E-state index contributed by atoms with van der Waals surface area (Å²) < 4.78 is 7.10. The van der Waals surface area contributed by atoms with Crippen LogP contribution in [0, 0.1) is 0 Å². The van der Waals surface area contributed by atoms with Gasteiger partial charge in [-0.3, -0.25) is 9.59 Å². The van der Waals surface area contributed by atoms with E-state index < -0.39 is 0 Å². The summed E-state index contributed by atoms with van der Waals surface area (Å²) in [6.07, 6.45) is 7.23. The number of anilines is 1. The van der Waals surface area contributed by atoms with Crippen molar-refractivity contribution in [2.45, 2.75) is 52.5 Å². The molecule has 0 aliphatic heterocycles. The van der Waals surface area contributed by atoms with Gasteiger partial charge in [0.25, 0.3) is 0 Å². The Morgan fingerprint density at radius 1 is 1.23 bits per heavy atom. The van der Waals surface area contributed by atoms with E-state index in [4.69, 9.17) is 4.74 Å². The highest BCUT2D eigenvalue weighted by atomic mass is 32.1. The van der Waals surface area contributed by atoms with Crippen molar-refractivity contribution in [2.24, 2.45) is 0 Å². The highest BCUT2D eigenvalue weighted by molar-refractivity contribution is 7.17. The molecule has 0 bridgehead atoms. The van der Waals surface area contributed by atoms with Crippen molar-refractivity contribution in [1.29, 1.82) is 0 Å². The lowest BCUT2D eigenvalue weighted by molar-refractivity contribution is -0.116. The number of carbonyl (C=O) groups excluding carboxylic acids is 3. The molecule has 0 radical (unpaired) electrons. The third-order valence-electron chi connectivity index (χ3n) is 5.74. The zero-order valence-electron chi connectivity index (χ0n) is 17.8. The van der Waals surface area contributed by atoms with E-state index in [0.717, 1.165) is 65.3 Å². The maximum absolute atomic E-state index is 13.0. The zero-order valence-corrected chi connectivity index (χ0v) is 18.6. The van der Waals surface area contributed by atoms with Crippen molar-refractivity contribution in [3.63, 3.8) is 0 Å². The second-order valence-electron chi connectivity index (χ2n) is 7.68. The Hall–Kier alpha value is -2.93. The predicted molar refractivity (Wildman–Crippen MR) is 122 cm³/mol. The maximum Gasteiger partial charge on any atom is 0.341 e. The minimum Gasteiger partial charge on any atom is -0.462 e. The van der Waals surface area contributed by atoms with Crippen LogP contribution in [0.2, 0.25) is 0 Å². The molecule has 1 aromatic carbocycles. The lowest BCUT2D eigenvalue weighted by Crippen LogP contribution is -2.20. The minimum atomic E-state index is -0.375. The monoisotopic (exact) mass is 438 g/mol. The summed E-state index contributed by atoms with van der Waals surface area (Å²) in [5, 5.41) is 4.37. The molecule has 4 rings (SSSR count). The Morgan fingerprint density at radius 2 is 2.03 bits per heavy atom. The van der Waals surface area contributed by atoms with Crippen LogP contribution in [0.1, 0.15) is 63.4 Å². The molecule has 0 atom stereocenters. The van der Waals surface area contributed by atoms with Gasteiger partial charge < -0.3 is 14.6 Å². The fourth-order valence-corrected chi connectivity index (χ4v) is 5.66. The summed E-state index contributed by atoms with van der Waals surface area (Å²) in [7, 11) is 0. The molecule has 1 N–H and O–H groups in total. The molecule has 2 heterocycles. The van der Waals surface area contributed by atoms with E-state index >= 15 is 0 Å². The van der Waals surface area contributed by atoms with Gasteiger partial charge in [-0.25, -0.2) is 4.79 Å². The minimum absolute atomic E-state index is 0.0617. The van der Waals surface area contributed by atoms with Crippen LogP contribution in [0.15, 0.2) is 24.4 Å². The normalized spacial score (nSPS) is 13.1. The van der Waals surface area contributed by atoms with E-state index in [-0.39, 0.29) is 18.4 Å².